The zero-order valence-corrected chi connectivity index (χ0v) is 11.1. The second kappa shape index (κ2) is 4.92. The molecular weight excluding hydrogens is 206 g/mol. The number of rotatable bonds is 4. The van der Waals surface area contributed by atoms with Gasteiger partial charge in [-0.05, 0) is 12.3 Å². The van der Waals surface area contributed by atoms with E-state index in [9.17, 15) is 0 Å². The summed E-state index contributed by atoms with van der Waals surface area (Å²) in [5.41, 5.74) is 0.107. The molecule has 0 aliphatic carbocycles. The van der Waals surface area contributed by atoms with Gasteiger partial charge in [0, 0.05) is 12.0 Å². The fourth-order valence-corrected chi connectivity index (χ4v) is 1.89. The van der Waals surface area contributed by atoms with Crippen LogP contribution in [0.2, 0.25) is 0 Å². The average molecular weight is 227 g/mol. The fourth-order valence-electron chi connectivity index (χ4n) is 1.07. The molecule has 1 heterocycles. The highest BCUT2D eigenvalue weighted by Crippen LogP contribution is 2.27. The van der Waals surface area contributed by atoms with Gasteiger partial charge in [0.15, 0.2) is 0 Å². The third-order valence-corrected chi connectivity index (χ3v) is 3.37. The Kier molecular flexibility index (Phi) is 4.08. The van der Waals surface area contributed by atoms with E-state index in [1.165, 1.54) is 6.42 Å². The van der Waals surface area contributed by atoms with Crippen molar-refractivity contribution in [2.75, 3.05) is 11.9 Å². The van der Waals surface area contributed by atoms with Gasteiger partial charge in [0.1, 0.15) is 5.01 Å². The second-order valence-corrected chi connectivity index (χ2v) is 6.25. The zero-order chi connectivity index (χ0) is 11.5. The maximum Gasteiger partial charge on any atom is 0.205 e. The molecule has 4 heteroatoms. The van der Waals surface area contributed by atoms with Crippen LogP contribution in [0, 0.1) is 5.92 Å². The molecule has 86 valence electrons. The molecule has 0 fully saturated rings. The Morgan fingerprint density at radius 3 is 2.40 bits per heavy atom. The lowest BCUT2D eigenvalue weighted by Crippen LogP contribution is -2.10. The molecule has 0 amide bonds. The lowest BCUT2D eigenvalue weighted by molar-refractivity contribution is 0.578. The minimum Gasteiger partial charge on any atom is -0.360 e. The first kappa shape index (κ1) is 12.4. The van der Waals surface area contributed by atoms with Gasteiger partial charge >= 0.3 is 0 Å². The summed E-state index contributed by atoms with van der Waals surface area (Å²) in [7, 11) is 0. The van der Waals surface area contributed by atoms with Crippen molar-refractivity contribution in [3.05, 3.63) is 5.01 Å². The van der Waals surface area contributed by atoms with E-state index in [1.54, 1.807) is 11.3 Å². The molecule has 0 saturated carbocycles. The summed E-state index contributed by atoms with van der Waals surface area (Å²) in [6, 6.07) is 0. The third kappa shape index (κ3) is 4.16. The number of nitrogens with one attached hydrogen (secondary N) is 1. The lowest BCUT2D eigenvalue weighted by Gasteiger charge is -2.12. The molecule has 0 saturated heterocycles. The molecule has 0 bridgehead atoms. The van der Waals surface area contributed by atoms with Crippen LogP contribution in [0.4, 0.5) is 5.13 Å². The molecule has 0 radical (unpaired) electrons. The number of hydrogen-bond acceptors (Lipinski definition) is 4. The van der Waals surface area contributed by atoms with Crippen molar-refractivity contribution in [1.82, 2.24) is 10.2 Å². The quantitative estimate of drug-likeness (QED) is 0.857. The van der Waals surface area contributed by atoms with E-state index < -0.39 is 0 Å². The van der Waals surface area contributed by atoms with E-state index in [0.717, 1.165) is 22.6 Å². The van der Waals surface area contributed by atoms with Gasteiger partial charge in [0.25, 0.3) is 0 Å². The van der Waals surface area contributed by atoms with Gasteiger partial charge in [-0.25, -0.2) is 0 Å². The van der Waals surface area contributed by atoms with Crippen molar-refractivity contribution >= 4 is 16.5 Å². The minimum atomic E-state index is 0.107. The predicted molar refractivity (Wildman–Crippen MR) is 66.6 cm³/mol. The summed E-state index contributed by atoms with van der Waals surface area (Å²) in [5.74, 6) is 0.729. The SMILES string of the molecule is CC(C)CCNc1nnc(C(C)(C)C)s1. The van der Waals surface area contributed by atoms with Crippen LogP contribution in [-0.4, -0.2) is 16.7 Å². The van der Waals surface area contributed by atoms with Crippen LogP contribution in [0.25, 0.3) is 0 Å². The van der Waals surface area contributed by atoms with Crippen LogP contribution in [0.15, 0.2) is 0 Å². The maximum absolute atomic E-state index is 4.19. The fraction of sp³-hybridized carbons (Fsp3) is 0.818. The maximum atomic E-state index is 4.19. The number of anilines is 1. The molecule has 15 heavy (non-hydrogen) atoms. The summed E-state index contributed by atoms with van der Waals surface area (Å²) in [6.07, 6.45) is 1.17. The van der Waals surface area contributed by atoms with Gasteiger partial charge in [-0.3, -0.25) is 0 Å². The first-order valence-corrected chi connectivity index (χ1v) is 6.29. The van der Waals surface area contributed by atoms with Crippen molar-refractivity contribution in [1.29, 1.82) is 0 Å². The molecule has 3 nitrogen and oxygen atoms in total. The number of nitrogens with zero attached hydrogens (tertiary/aromatic N) is 2. The van der Waals surface area contributed by atoms with Crippen LogP contribution >= 0.6 is 11.3 Å². The minimum absolute atomic E-state index is 0.107. The highest BCUT2D eigenvalue weighted by atomic mass is 32.1. The van der Waals surface area contributed by atoms with Crippen molar-refractivity contribution in [2.24, 2.45) is 5.92 Å². The van der Waals surface area contributed by atoms with Crippen molar-refractivity contribution in [3.8, 4) is 0 Å². The van der Waals surface area contributed by atoms with E-state index >= 15 is 0 Å². The molecule has 0 spiro atoms. The van der Waals surface area contributed by atoms with Crippen LogP contribution < -0.4 is 5.32 Å². The Morgan fingerprint density at radius 1 is 1.27 bits per heavy atom. The highest BCUT2D eigenvalue weighted by molar-refractivity contribution is 7.15. The van der Waals surface area contributed by atoms with Crippen LogP contribution in [-0.2, 0) is 5.41 Å². The van der Waals surface area contributed by atoms with E-state index in [-0.39, 0.29) is 5.41 Å². The van der Waals surface area contributed by atoms with Crippen LogP contribution in [0.1, 0.15) is 46.0 Å². The first-order valence-electron chi connectivity index (χ1n) is 5.47. The Bertz CT molecular complexity index is 299. The molecule has 1 rings (SSSR count). The van der Waals surface area contributed by atoms with Gasteiger partial charge in [-0.2, -0.15) is 0 Å². The topological polar surface area (TPSA) is 37.8 Å². The van der Waals surface area contributed by atoms with E-state index in [1.807, 2.05) is 0 Å². The molecular formula is C11H21N3S. The normalized spacial score (nSPS) is 12.1. The predicted octanol–water partition coefficient (Wildman–Crippen LogP) is 3.29. The van der Waals surface area contributed by atoms with Crippen molar-refractivity contribution < 1.29 is 0 Å². The smallest absolute Gasteiger partial charge is 0.205 e. The Hall–Kier alpha value is -0.640. The summed E-state index contributed by atoms with van der Waals surface area (Å²) in [4.78, 5) is 0. The second-order valence-electron chi connectivity index (χ2n) is 5.27. The Labute approximate surface area is 96.3 Å². The Balaban J connectivity index is 2.47. The first-order chi connectivity index (χ1) is 6.89. The molecule has 0 atom stereocenters. The zero-order valence-electron chi connectivity index (χ0n) is 10.3. The number of hydrogen-bond donors (Lipinski definition) is 1. The molecule has 0 aromatic carbocycles. The monoisotopic (exact) mass is 227 g/mol. The molecule has 0 unspecified atom stereocenters. The van der Waals surface area contributed by atoms with E-state index in [2.05, 4.69) is 50.1 Å². The average Bonchev–Trinajstić information content (AvgIpc) is 2.51. The summed E-state index contributed by atoms with van der Waals surface area (Å²) in [6.45, 7) is 11.9. The van der Waals surface area contributed by atoms with E-state index in [0.29, 0.717) is 0 Å². The van der Waals surface area contributed by atoms with Gasteiger partial charge in [0.05, 0.1) is 0 Å². The largest absolute Gasteiger partial charge is 0.360 e. The van der Waals surface area contributed by atoms with Gasteiger partial charge in [0.2, 0.25) is 5.13 Å². The number of aromatic nitrogens is 2. The summed E-state index contributed by atoms with van der Waals surface area (Å²) in [5, 5.41) is 13.7. The molecule has 1 aromatic heterocycles. The van der Waals surface area contributed by atoms with E-state index in [4.69, 9.17) is 0 Å². The highest BCUT2D eigenvalue weighted by Gasteiger charge is 2.18. The lowest BCUT2D eigenvalue weighted by atomic mass is 9.98. The molecule has 0 aliphatic rings. The van der Waals surface area contributed by atoms with Gasteiger partial charge in [-0.1, -0.05) is 46.0 Å². The van der Waals surface area contributed by atoms with Crippen molar-refractivity contribution in [3.63, 3.8) is 0 Å². The standard InChI is InChI=1S/C11H21N3S/c1-8(2)6-7-12-10-14-13-9(15-10)11(3,4)5/h8H,6-7H2,1-5H3,(H,12,14). The molecule has 1 aromatic rings. The summed E-state index contributed by atoms with van der Waals surface area (Å²) < 4.78 is 0. The molecule has 0 aliphatic heterocycles. The van der Waals surface area contributed by atoms with Crippen LogP contribution in [0.3, 0.4) is 0 Å². The summed E-state index contributed by atoms with van der Waals surface area (Å²) >= 11 is 1.66. The van der Waals surface area contributed by atoms with Crippen molar-refractivity contribution in [2.45, 2.75) is 46.5 Å². The third-order valence-electron chi connectivity index (χ3n) is 2.06. The van der Waals surface area contributed by atoms with Gasteiger partial charge in [-0.15, -0.1) is 10.2 Å². The van der Waals surface area contributed by atoms with Gasteiger partial charge < -0.3 is 5.32 Å². The molecule has 1 N–H and O–H groups in total. The van der Waals surface area contributed by atoms with Crippen LogP contribution in [0.5, 0.6) is 0 Å². The Morgan fingerprint density at radius 2 is 1.93 bits per heavy atom.